The first-order valence-electron chi connectivity index (χ1n) is 6.95. The van der Waals surface area contributed by atoms with Gasteiger partial charge in [0.2, 0.25) is 0 Å². The largest absolute Gasteiger partial charge is 0.404 e. The van der Waals surface area contributed by atoms with Crippen molar-refractivity contribution in [2.75, 3.05) is 5.73 Å². The molecule has 1 aromatic rings. The molecule has 130 valence electrons. The maximum atomic E-state index is 11.0. The van der Waals surface area contributed by atoms with E-state index in [1.165, 1.54) is 12.3 Å². The molecule has 0 saturated heterocycles. The summed E-state index contributed by atoms with van der Waals surface area (Å²) >= 11 is 6.15. The molecule has 0 amide bonds. The number of anilines is 1. The molecule has 0 bridgehead atoms. The number of hydrogen-bond donors (Lipinski definition) is 3. The molecule has 0 saturated carbocycles. The SMILES string of the molecule is C=C/C=C\C(=C/N)C(=C)/C=C(\C(Cl)=C/N)c1cc([N+](=O)[O-])cnc1N. The van der Waals surface area contributed by atoms with Crippen LogP contribution in [0.3, 0.4) is 0 Å². The van der Waals surface area contributed by atoms with Gasteiger partial charge in [0.05, 0.1) is 9.96 Å². The summed E-state index contributed by atoms with van der Waals surface area (Å²) in [7, 11) is 0. The van der Waals surface area contributed by atoms with Crippen LogP contribution in [0.2, 0.25) is 0 Å². The van der Waals surface area contributed by atoms with E-state index < -0.39 is 4.92 Å². The minimum absolute atomic E-state index is 0.0598. The van der Waals surface area contributed by atoms with Crippen molar-refractivity contribution < 1.29 is 4.92 Å². The fraction of sp³-hybridized carbons (Fsp3) is 0. The van der Waals surface area contributed by atoms with Crippen LogP contribution < -0.4 is 17.2 Å². The highest BCUT2D eigenvalue weighted by molar-refractivity contribution is 6.37. The molecular weight excluding hydrogens is 342 g/mol. The van der Waals surface area contributed by atoms with Crippen LogP contribution in [0.1, 0.15) is 5.56 Å². The molecule has 0 unspecified atom stereocenters. The Kier molecular flexibility index (Phi) is 7.17. The number of nitrogens with two attached hydrogens (primary N) is 3. The van der Waals surface area contributed by atoms with Crippen LogP contribution in [0.15, 0.2) is 78.3 Å². The third-order valence-electron chi connectivity index (χ3n) is 3.09. The summed E-state index contributed by atoms with van der Waals surface area (Å²) in [6.45, 7) is 7.49. The van der Waals surface area contributed by atoms with Gasteiger partial charge in [-0.3, -0.25) is 10.1 Å². The van der Waals surface area contributed by atoms with Crippen LogP contribution in [0.25, 0.3) is 5.57 Å². The van der Waals surface area contributed by atoms with Gasteiger partial charge in [0.25, 0.3) is 5.69 Å². The first kappa shape index (κ1) is 19.7. The minimum Gasteiger partial charge on any atom is -0.404 e. The van der Waals surface area contributed by atoms with E-state index in [1.807, 2.05) is 0 Å². The second kappa shape index (κ2) is 9.09. The van der Waals surface area contributed by atoms with Gasteiger partial charge in [-0.05, 0) is 17.2 Å². The highest BCUT2D eigenvalue weighted by Gasteiger charge is 2.16. The Morgan fingerprint density at radius 1 is 1.36 bits per heavy atom. The molecule has 0 aliphatic rings. The minimum atomic E-state index is -0.583. The molecule has 0 aromatic carbocycles. The van der Waals surface area contributed by atoms with E-state index in [0.29, 0.717) is 16.7 Å². The van der Waals surface area contributed by atoms with E-state index >= 15 is 0 Å². The monoisotopic (exact) mass is 359 g/mol. The van der Waals surface area contributed by atoms with Gasteiger partial charge in [0, 0.05) is 29.6 Å². The smallest absolute Gasteiger partial charge is 0.288 e. The summed E-state index contributed by atoms with van der Waals surface area (Å²) < 4.78 is 0. The lowest BCUT2D eigenvalue weighted by Gasteiger charge is -2.11. The van der Waals surface area contributed by atoms with Gasteiger partial charge in [0.1, 0.15) is 12.0 Å². The van der Waals surface area contributed by atoms with E-state index in [2.05, 4.69) is 18.1 Å². The molecular formula is C17H18ClN5O2. The quantitative estimate of drug-likeness (QED) is 0.389. The number of rotatable bonds is 7. The standard InChI is InChI=1S/C17H18ClN5O2/c1-3-4-5-12(8-19)11(2)6-14(16(18)9-20)15-7-13(23(24)25)10-22-17(15)21/h3-10H,1-2,19-20H2,(H2,21,22)/b5-4-,12-8+,14-6-,16-9+. The van der Waals surface area contributed by atoms with E-state index in [9.17, 15) is 10.1 Å². The van der Waals surface area contributed by atoms with Crippen LogP contribution in [0.4, 0.5) is 11.5 Å². The third-order valence-corrected chi connectivity index (χ3v) is 3.42. The van der Waals surface area contributed by atoms with Gasteiger partial charge in [-0.25, -0.2) is 4.98 Å². The highest BCUT2D eigenvalue weighted by Crippen LogP contribution is 2.33. The number of nitrogens with zero attached hydrogens (tertiary/aromatic N) is 2. The van der Waals surface area contributed by atoms with Crippen molar-refractivity contribution in [2.45, 2.75) is 0 Å². The number of nitrogen functional groups attached to an aromatic ring is 1. The van der Waals surface area contributed by atoms with Crippen LogP contribution in [-0.2, 0) is 0 Å². The van der Waals surface area contributed by atoms with Gasteiger partial charge in [-0.1, -0.05) is 43.0 Å². The molecule has 25 heavy (non-hydrogen) atoms. The summed E-state index contributed by atoms with van der Waals surface area (Å²) in [5.74, 6) is 0.0598. The Balaban J connectivity index is 3.53. The van der Waals surface area contributed by atoms with E-state index in [-0.39, 0.29) is 22.1 Å². The van der Waals surface area contributed by atoms with E-state index in [4.69, 9.17) is 28.8 Å². The lowest BCUT2D eigenvalue weighted by atomic mass is 9.99. The Morgan fingerprint density at radius 2 is 2.04 bits per heavy atom. The molecule has 0 spiro atoms. The first-order valence-corrected chi connectivity index (χ1v) is 7.33. The molecule has 0 atom stereocenters. The normalized spacial score (nSPS) is 13.1. The van der Waals surface area contributed by atoms with Crippen molar-refractivity contribution >= 4 is 28.7 Å². The van der Waals surface area contributed by atoms with E-state index in [1.54, 1.807) is 24.3 Å². The van der Waals surface area contributed by atoms with Crippen LogP contribution in [-0.4, -0.2) is 9.91 Å². The molecule has 1 aromatic heterocycles. The van der Waals surface area contributed by atoms with Gasteiger partial charge < -0.3 is 17.2 Å². The molecule has 1 heterocycles. The van der Waals surface area contributed by atoms with Crippen LogP contribution in [0.5, 0.6) is 0 Å². The molecule has 6 N–H and O–H groups in total. The fourth-order valence-corrected chi connectivity index (χ4v) is 2.00. The van der Waals surface area contributed by atoms with Crippen molar-refractivity contribution in [1.29, 1.82) is 0 Å². The predicted molar refractivity (Wildman–Crippen MR) is 102 cm³/mol. The van der Waals surface area contributed by atoms with Gasteiger partial charge in [-0.2, -0.15) is 0 Å². The first-order chi connectivity index (χ1) is 11.8. The number of allylic oxidation sites excluding steroid dienone is 8. The number of aromatic nitrogens is 1. The lowest BCUT2D eigenvalue weighted by molar-refractivity contribution is -0.385. The summed E-state index contributed by atoms with van der Waals surface area (Å²) in [5, 5.41) is 11.1. The predicted octanol–water partition coefficient (Wildman–Crippen LogP) is 3.14. The maximum Gasteiger partial charge on any atom is 0.288 e. The Hall–Kier alpha value is -3.32. The topological polar surface area (TPSA) is 134 Å². The average molecular weight is 360 g/mol. The van der Waals surface area contributed by atoms with Crippen LogP contribution >= 0.6 is 11.6 Å². The molecule has 0 radical (unpaired) electrons. The van der Waals surface area contributed by atoms with Crippen molar-refractivity contribution in [3.63, 3.8) is 0 Å². The summed E-state index contributed by atoms with van der Waals surface area (Å²) in [4.78, 5) is 14.2. The summed E-state index contributed by atoms with van der Waals surface area (Å²) in [6, 6.07) is 1.26. The van der Waals surface area contributed by atoms with Gasteiger partial charge in [-0.15, -0.1) is 0 Å². The van der Waals surface area contributed by atoms with Crippen molar-refractivity contribution in [2.24, 2.45) is 11.5 Å². The number of pyridine rings is 1. The zero-order valence-corrected chi connectivity index (χ0v) is 14.1. The van der Waals surface area contributed by atoms with Crippen molar-refractivity contribution in [3.05, 3.63) is 94.0 Å². The second-order valence-electron chi connectivity index (χ2n) is 4.70. The number of nitro groups is 1. The lowest BCUT2D eigenvalue weighted by Crippen LogP contribution is -2.01. The molecule has 1 rings (SSSR count). The molecule has 0 aliphatic carbocycles. The molecule has 8 heteroatoms. The Bertz CT molecular complexity index is 822. The Labute approximate surface area is 150 Å². The molecule has 0 fully saturated rings. The zero-order valence-electron chi connectivity index (χ0n) is 13.4. The van der Waals surface area contributed by atoms with Crippen molar-refractivity contribution in [1.82, 2.24) is 4.98 Å². The van der Waals surface area contributed by atoms with Crippen molar-refractivity contribution in [3.8, 4) is 0 Å². The third kappa shape index (κ3) is 5.08. The van der Waals surface area contributed by atoms with Gasteiger partial charge in [0.15, 0.2) is 0 Å². The van der Waals surface area contributed by atoms with Crippen LogP contribution in [0, 0.1) is 10.1 Å². The zero-order chi connectivity index (χ0) is 19.0. The highest BCUT2D eigenvalue weighted by atomic mass is 35.5. The fourth-order valence-electron chi connectivity index (χ4n) is 1.84. The molecule has 7 nitrogen and oxygen atoms in total. The molecule has 0 aliphatic heterocycles. The second-order valence-corrected chi connectivity index (χ2v) is 5.11. The average Bonchev–Trinajstić information content (AvgIpc) is 2.60. The summed E-state index contributed by atoms with van der Waals surface area (Å²) in [5.41, 5.74) is 18.4. The summed E-state index contributed by atoms with van der Waals surface area (Å²) in [6.07, 6.45) is 10.1. The number of hydrogen-bond acceptors (Lipinski definition) is 6. The number of halogens is 1. The van der Waals surface area contributed by atoms with E-state index in [0.717, 1.165) is 12.4 Å². The Morgan fingerprint density at radius 3 is 2.56 bits per heavy atom. The van der Waals surface area contributed by atoms with Gasteiger partial charge >= 0.3 is 0 Å². The maximum absolute atomic E-state index is 11.0.